The Morgan fingerprint density at radius 3 is 2.67 bits per heavy atom. The first-order chi connectivity index (χ1) is 11.4. The molecule has 0 amide bonds. The molecule has 2 heterocycles. The third kappa shape index (κ3) is 6.50. The molecule has 0 bridgehead atoms. The Morgan fingerprint density at radius 2 is 2.04 bits per heavy atom. The van der Waals surface area contributed by atoms with Crippen molar-refractivity contribution in [1.29, 1.82) is 0 Å². The second-order valence-corrected chi connectivity index (χ2v) is 9.55. The van der Waals surface area contributed by atoms with Gasteiger partial charge >= 0.3 is 0 Å². The summed E-state index contributed by atoms with van der Waals surface area (Å²) in [6.45, 7) is 13.6. The summed E-state index contributed by atoms with van der Waals surface area (Å²) in [6.07, 6.45) is 6.47. The highest BCUT2D eigenvalue weighted by atomic mass is 32.1. The maximum Gasteiger partial charge on any atom is 0.0629 e. The standard InChI is InChI=1S/C21H37NOS/c1-16(2)8-9-18(19-11-13-23-21(4,5)15-19)10-12-22-17(3)20-7-6-14-24-20/h6-7,14,16-19,22H,8-13,15H2,1-5H3/t17-,18+,19+/m0/s1. The number of nitrogens with one attached hydrogen (secondary N) is 1. The van der Waals surface area contributed by atoms with Crippen molar-refractivity contribution in [1.82, 2.24) is 5.32 Å². The van der Waals surface area contributed by atoms with Gasteiger partial charge in [0.1, 0.15) is 0 Å². The average Bonchev–Trinajstić information content (AvgIpc) is 3.03. The Morgan fingerprint density at radius 1 is 1.25 bits per heavy atom. The number of thiophene rings is 1. The third-order valence-corrected chi connectivity index (χ3v) is 6.51. The molecule has 0 unspecified atom stereocenters. The van der Waals surface area contributed by atoms with E-state index >= 15 is 0 Å². The molecule has 0 aromatic carbocycles. The van der Waals surface area contributed by atoms with Crippen LogP contribution in [0.2, 0.25) is 0 Å². The van der Waals surface area contributed by atoms with Gasteiger partial charge in [0.05, 0.1) is 5.60 Å². The maximum atomic E-state index is 5.95. The maximum absolute atomic E-state index is 5.95. The summed E-state index contributed by atoms with van der Waals surface area (Å²) < 4.78 is 5.95. The molecule has 1 aliphatic heterocycles. The van der Waals surface area contributed by atoms with E-state index in [0.29, 0.717) is 6.04 Å². The summed E-state index contributed by atoms with van der Waals surface area (Å²) in [5.41, 5.74) is 0.0662. The van der Waals surface area contributed by atoms with E-state index in [0.717, 1.165) is 30.9 Å². The molecule has 0 spiro atoms. The zero-order chi connectivity index (χ0) is 17.6. The van der Waals surface area contributed by atoms with Crippen molar-refractivity contribution in [3.63, 3.8) is 0 Å². The van der Waals surface area contributed by atoms with Gasteiger partial charge in [-0.3, -0.25) is 0 Å². The fraction of sp³-hybridized carbons (Fsp3) is 0.810. The Balaban J connectivity index is 1.85. The molecule has 1 N–H and O–H groups in total. The zero-order valence-electron chi connectivity index (χ0n) is 16.3. The lowest BCUT2D eigenvalue weighted by molar-refractivity contribution is -0.0840. The van der Waals surface area contributed by atoms with Crippen molar-refractivity contribution < 1.29 is 4.74 Å². The zero-order valence-corrected chi connectivity index (χ0v) is 17.1. The Bertz CT molecular complexity index is 454. The van der Waals surface area contributed by atoms with Gasteiger partial charge in [-0.15, -0.1) is 11.3 Å². The van der Waals surface area contributed by atoms with Crippen LogP contribution in [0.3, 0.4) is 0 Å². The molecule has 1 fully saturated rings. The van der Waals surface area contributed by atoms with Gasteiger partial charge in [0.2, 0.25) is 0 Å². The van der Waals surface area contributed by atoms with E-state index in [2.05, 4.69) is 57.4 Å². The molecule has 1 aromatic rings. The number of ether oxygens (including phenoxy) is 1. The van der Waals surface area contributed by atoms with Gasteiger partial charge in [-0.1, -0.05) is 26.3 Å². The van der Waals surface area contributed by atoms with Crippen molar-refractivity contribution >= 4 is 11.3 Å². The second-order valence-electron chi connectivity index (χ2n) is 8.57. The average molecular weight is 352 g/mol. The lowest BCUT2D eigenvalue weighted by atomic mass is 9.75. The van der Waals surface area contributed by atoms with Crippen molar-refractivity contribution in [3.8, 4) is 0 Å². The van der Waals surface area contributed by atoms with E-state index in [1.54, 1.807) is 0 Å². The molecule has 2 nitrogen and oxygen atoms in total. The van der Waals surface area contributed by atoms with E-state index in [-0.39, 0.29) is 5.60 Å². The lowest BCUT2D eigenvalue weighted by Crippen LogP contribution is -2.37. The molecule has 0 radical (unpaired) electrons. The molecule has 1 saturated heterocycles. The van der Waals surface area contributed by atoms with E-state index in [9.17, 15) is 0 Å². The largest absolute Gasteiger partial charge is 0.376 e. The van der Waals surface area contributed by atoms with Crippen molar-refractivity contribution in [2.45, 2.75) is 78.4 Å². The Hall–Kier alpha value is -0.380. The summed E-state index contributed by atoms with van der Waals surface area (Å²) in [6, 6.07) is 4.86. The molecule has 138 valence electrons. The highest BCUT2D eigenvalue weighted by Crippen LogP contribution is 2.37. The van der Waals surface area contributed by atoms with Crippen LogP contribution in [-0.4, -0.2) is 18.8 Å². The van der Waals surface area contributed by atoms with Crippen LogP contribution in [0.5, 0.6) is 0 Å². The van der Waals surface area contributed by atoms with Crippen molar-refractivity contribution in [3.05, 3.63) is 22.4 Å². The van der Waals surface area contributed by atoms with Gasteiger partial charge in [-0.05, 0) is 82.2 Å². The van der Waals surface area contributed by atoms with E-state index in [4.69, 9.17) is 4.74 Å². The fourth-order valence-corrected chi connectivity index (χ4v) is 4.73. The Kier molecular flexibility index (Phi) is 7.77. The summed E-state index contributed by atoms with van der Waals surface area (Å²) in [7, 11) is 0. The minimum Gasteiger partial charge on any atom is -0.376 e. The number of hydrogen-bond acceptors (Lipinski definition) is 3. The first-order valence-corrected chi connectivity index (χ1v) is 10.7. The van der Waals surface area contributed by atoms with E-state index in [1.165, 1.54) is 37.0 Å². The Labute approximate surface area is 153 Å². The molecular formula is C21H37NOS. The van der Waals surface area contributed by atoms with Gasteiger partial charge in [-0.25, -0.2) is 0 Å². The summed E-state index contributed by atoms with van der Waals surface area (Å²) in [4.78, 5) is 1.45. The molecule has 24 heavy (non-hydrogen) atoms. The van der Waals surface area contributed by atoms with Gasteiger partial charge in [0.15, 0.2) is 0 Å². The van der Waals surface area contributed by atoms with Crippen molar-refractivity contribution in [2.24, 2.45) is 17.8 Å². The molecule has 1 aromatic heterocycles. The van der Waals surface area contributed by atoms with Gasteiger partial charge in [0.25, 0.3) is 0 Å². The van der Waals surface area contributed by atoms with Crippen LogP contribution in [0.1, 0.15) is 77.6 Å². The SMILES string of the molecule is CC(C)CC[C@H](CCN[C@@H](C)c1cccs1)[C@@H]1CCOC(C)(C)C1. The minimum atomic E-state index is 0.0662. The lowest BCUT2D eigenvalue weighted by Gasteiger charge is -2.39. The van der Waals surface area contributed by atoms with E-state index < -0.39 is 0 Å². The third-order valence-electron chi connectivity index (χ3n) is 5.45. The molecule has 3 heteroatoms. The monoisotopic (exact) mass is 351 g/mol. The predicted octanol–water partition coefficient (Wildman–Crippen LogP) is 6.05. The van der Waals surface area contributed by atoms with Crippen LogP contribution < -0.4 is 5.32 Å². The quantitative estimate of drug-likeness (QED) is 0.585. The highest BCUT2D eigenvalue weighted by Gasteiger charge is 2.33. The van der Waals surface area contributed by atoms with Crippen LogP contribution in [0, 0.1) is 17.8 Å². The molecular weight excluding hydrogens is 314 g/mol. The fourth-order valence-electron chi connectivity index (χ4n) is 3.97. The smallest absolute Gasteiger partial charge is 0.0629 e. The van der Waals surface area contributed by atoms with E-state index in [1.807, 2.05) is 11.3 Å². The van der Waals surface area contributed by atoms with Gasteiger partial charge in [-0.2, -0.15) is 0 Å². The van der Waals surface area contributed by atoms with Gasteiger partial charge in [0, 0.05) is 17.5 Å². The van der Waals surface area contributed by atoms with Crippen LogP contribution in [-0.2, 0) is 4.74 Å². The predicted molar refractivity (Wildman–Crippen MR) is 106 cm³/mol. The first kappa shape index (κ1) is 19.9. The normalized spacial score (nSPS) is 23.3. The second kappa shape index (κ2) is 9.35. The number of hydrogen-bond donors (Lipinski definition) is 1. The summed E-state index contributed by atoms with van der Waals surface area (Å²) >= 11 is 1.85. The topological polar surface area (TPSA) is 21.3 Å². The molecule has 1 aliphatic rings. The highest BCUT2D eigenvalue weighted by molar-refractivity contribution is 7.10. The van der Waals surface area contributed by atoms with Gasteiger partial charge < -0.3 is 10.1 Å². The van der Waals surface area contributed by atoms with Crippen LogP contribution >= 0.6 is 11.3 Å². The summed E-state index contributed by atoms with van der Waals surface area (Å²) in [5.74, 6) is 2.46. The van der Waals surface area contributed by atoms with Crippen molar-refractivity contribution in [2.75, 3.05) is 13.2 Å². The van der Waals surface area contributed by atoms with Crippen LogP contribution in [0.15, 0.2) is 17.5 Å². The molecule has 2 rings (SSSR count). The van der Waals surface area contributed by atoms with Crippen LogP contribution in [0.25, 0.3) is 0 Å². The molecule has 0 saturated carbocycles. The molecule has 0 aliphatic carbocycles. The first-order valence-electron chi connectivity index (χ1n) is 9.78. The minimum absolute atomic E-state index is 0.0662. The number of rotatable bonds is 9. The summed E-state index contributed by atoms with van der Waals surface area (Å²) in [5, 5.41) is 5.91. The van der Waals surface area contributed by atoms with Crippen LogP contribution in [0.4, 0.5) is 0 Å². The molecule has 3 atom stereocenters.